The van der Waals surface area contributed by atoms with Gasteiger partial charge >= 0.3 is 121 Å². The van der Waals surface area contributed by atoms with Crippen molar-refractivity contribution in [2.75, 3.05) is 19.1 Å². The number of carbonyl (C=O) groups excluding carboxylic acids is 1. The summed E-state index contributed by atoms with van der Waals surface area (Å²) in [5.74, 6) is 0.709. The summed E-state index contributed by atoms with van der Waals surface area (Å²) in [6, 6.07) is 15.0. The summed E-state index contributed by atoms with van der Waals surface area (Å²) >= 11 is 2.02. The number of rotatable bonds is 3. The third-order valence-electron chi connectivity index (χ3n) is 2.90. The van der Waals surface area contributed by atoms with Gasteiger partial charge in [0.15, 0.2) is 0 Å². The standard InChI is InChI=1S/C15H14GeNO2/c1-17(13-7-5-12(16)6-8-13)15(18)11-3-9-14(19-2)10-4-11/h3-10H,1-2H3. The van der Waals surface area contributed by atoms with E-state index in [1.54, 1.807) is 43.3 Å². The van der Waals surface area contributed by atoms with Gasteiger partial charge in [-0.05, 0) is 0 Å². The molecule has 2 aromatic rings. The summed E-state index contributed by atoms with van der Waals surface area (Å²) < 4.78 is 6.26. The number of hydrogen-bond acceptors (Lipinski definition) is 2. The van der Waals surface area contributed by atoms with Gasteiger partial charge < -0.3 is 0 Å². The molecule has 19 heavy (non-hydrogen) atoms. The fraction of sp³-hybridized carbons (Fsp3) is 0.133. The maximum atomic E-state index is 12.3. The Labute approximate surface area is 121 Å². The Morgan fingerprint density at radius 1 is 1.05 bits per heavy atom. The summed E-state index contributed by atoms with van der Waals surface area (Å²) in [6.07, 6.45) is 0. The van der Waals surface area contributed by atoms with Gasteiger partial charge in [-0.3, -0.25) is 0 Å². The number of amides is 1. The van der Waals surface area contributed by atoms with Crippen LogP contribution < -0.4 is 14.0 Å². The van der Waals surface area contributed by atoms with Crippen LogP contribution in [0.15, 0.2) is 48.5 Å². The first-order chi connectivity index (χ1) is 9.11. The van der Waals surface area contributed by atoms with Gasteiger partial charge in [-0.15, -0.1) is 0 Å². The Morgan fingerprint density at radius 2 is 1.63 bits per heavy atom. The minimum atomic E-state index is -0.0356. The minimum absolute atomic E-state index is 0.0356. The van der Waals surface area contributed by atoms with E-state index in [2.05, 4.69) is 0 Å². The number of carbonyl (C=O) groups is 1. The SMILES string of the molecule is COc1ccc(C(=O)N(C)c2cc[c]([Ge])cc2)cc1. The molecule has 0 unspecified atom stereocenters. The number of anilines is 1. The van der Waals surface area contributed by atoms with Crippen molar-refractivity contribution in [3.05, 3.63) is 54.1 Å². The molecule has 0 saturated carbocycles. The molecule has 0 N–H and O–H groups in total. The van der Waals surface area contributed by atoms with E-state index in [0.29, 0.717) is 5.56 Å². The summed E-state index contributed by atoms with van der Waals surface area (Å²) in [5, 5.41) is 0. The fourth-order valence-electron chi connectivity index (χ4n) is 1.73. The number of methoxy groups -OCH3 is 1. The van der Waals surface area contributed by atoms with Crippen LogP contribution in [0.3, 0.4) is 0 Å². The number of benzene rings is 2. The van der Waals surface area contributed by atoms with Crippen molar-refractivity contribution in [3.8, 4) is 5.75 Å². The first-order valence-corrected chi connectivity index (χ1v) is 6.90. The molecule has 0 aliphatic carbocycles. The van der Waals surface area contributed by atoms with Crippen LogP contribution in [0.1, 0.15) is 10.4 Å². The Kier molecular flexibility index (Phi) is 4.27. The van der Waals surface area contributed by atoms with Gasteiger partial charge in [-0.25, -0.2) is 0 Å². The van der Waals surface area contributed by atoms with Crippen molar-refractivity contribution in [1.82, 2.24) is 0 Å². The molecule has 0 fully saturated rings. The van der Waals surface area contributed by atoms with Crippen LogP contribution in [0.4, 0.5) is 5.69 Å². The number of nitrogens with zero attached hydrogens (tertiary/aromatic N) is 1. The van der Waals surface area contributed by atoms with E-state index in [0.717, 1.165) is 11.4 Å². The van der Waals surface area contributed by atoms with Crippen LogP contribution in [0.25, 0.3) is 0 Å². The van der Waals surface area contributed by atoms with Gasteiger partial charge in [0.2, 0.25) is 0 Å². The summed E-state index contributed by atoms with van der Waals surface area (Å²) in [6.45, 7) is 0. The summed E-state index contributed by atoms with van der Waals surface area (Å²) in [5.41, 5.74) is 1.52. The molecule has 0 atom stereocenters. The van der Waals surface area contributed by atoms with Crippen molar-refractivity contribution in [2.24, 2.45) is 0 Å². The molecule has 0 aliphatic rings. The Morgan fingerprint density at radius 3 is 2.16 bits per heavy atom. The van der Waals surface area contributed by atoms with Gasteiger partial charge in [0, 0.05) is 0 Å². The van der Waals surface area contributed by atoms with Gasteiger partial charge in [0.25, 0.3) is 0 Å². The second-order valence-electron chi connectivity index (χ2n) is 4.14. The topological polar surface area (TPSA) is 29.5 Å². The molecule has 0 aromatic heterocycles. The quantitative estimate of drug-likeness (QED) is 0.808. The Bertz CT molecular complexity index is 564. The second-order valence-corrected chi connectivity index (χ2v) is 5.35. The molecule has 0 bridgehead atoms. The molecular weight excluding hydrogens is 299 g/mol. The monoisotopic (exact) mass is 314 g/mol. The third-order valence-corrected chi connectivity index (χ3v) is 3.60. The molecule has 1 amide bonds. The molecule has 0 saturated heterocycles. The van der Waals surface area contributed by atoms with Gasteiger partial charge in [0.1, 0.15) is 0 Å². The number of hydrogen-bond donors (Lipinski definition) is 0. The molecule has 3 radical (unpaired) electrons. The molecule has 0 spiro atoms. The van der Waals surface area contributed by atoms with Crippen LogP contribution in [0.5, 0.6) is 5.75 Å². The van der Waals surface area contributed by atoms with E-state index in [-0.39, 0.29) is 5.91 Å². The van der Waals surface area contributed by atoms with Gasteiger partial charge in [0.05, 0.1) is 0 Å². The zero-order valence-electron chi connectivity index (χ0n) is 10.9. The predicted octanol–water partition coefficient (Wildman–Crippen LogP) is 1.77. The molecule has 0 heterocycles. The second kappa shape index (κ2) is 5.93. The summed E-state index contributed by atoms with van der Waals surface area (Å²) in [4.78, 5) is 14.0. The average molecular weight is 313 g/mol. The zero-order valence-corrected chi connectivity index (χ0v) is 13.0. The molecule has 3 nitrogen and oxygen atoms in total. The zero-order chi connectivity index (χ0) is 13.8. The van der Waals surface area contributed by atoms with Gasteiger partial charge in [-0.2, -0.15) is 0 Å². The van der Waals surface area contributed by atoms with Crippen molar-refractivity contribution in [1.29, 1.82) is 0 Å². The van der Waals surface area contributed by atoms with Crippen molar-refractivity contribution in [2.45, 2.75) is 0 Å². The maximum absolute atomic E-state index is 12.3. The van der Waals surface area contributed by atoms with E-state index in [1.165, 1.54) is 4.40 Å². The van der Waals surface area contributed by atoms with Crippen molar-refractivity contribution < 1.29 is 9.53 Å². The van der Waals surface area contributed by atoms with Crippen molar-refractivity contribution in [3.63, 3.8) is 0 Å². The Hall–Kier alpha value is -1.75. The first kappa shape index (κ1) is 13.7. The molecular formula is C15H14GeNO2. The normalized spacial score (nSPS) is 10.1. The Balaban J connectivity index is 2.20. The predicted molar refractivity (Wildman–Crippen MR) is 77.6 cm³/mol. The molecule has 4 heteroatoms. The molecule has 2 aromatic carbocycles. The van der Waals surface area contributed by atoms with Crippen LogP contribution in [-0.4, -0.2) is 36.6 Å². The van der Waals surface area contributed by atoms with Crippen molar-refractivity contribution >= 4 is 32.5 Å². The first-order valence-electron chi connectivity index (χ1n) is 5.85. The molecule has 2 rings (SSSR count). The summed E-state index contributed by atoms with van der Waals surface area (Å²) in [7, 11) is 3.38. The van der Waals surface area contributed by atoms with E-state index in [1.807, 2.05) is 40.8 Å². The van der Waals surface area contributed by atoms with E-state index >= 15 is 0 Å². The van der Waals surface area contributed by atoms with E-state index in [4.69, 9.17) is 4.74 Å². The fourth-order valence-corrected chi connectivity index (χ4v) is 2.08. The van der Waals surface area contributed by atoms with E-state index in [9.17, 15) is 4.79 Å². The van der Waals surface area contributed by atoms with Gasteiger partial charge in [-0.1, -0.05) is 0 Å². The third kappa shape index (κ3) is 3.17. The van der Waals surface area contributed by atoms with Crippen LogP contribution >= 0.6 is 0 Å². The molecule has 0 aliphatic heterocycles. The average Bonchev–Trinajstić information content (AvgIpc) is 2.46. The van der Waals surface area contributed by atoms with Crippen LogP contribution in [-0.2, 0) is 0 Å². The van der Waals surface area contributed by atoms with Crippen LogP contribution in [0, 0.1) is 0 Å². The van der Waals surface area contributed by atoms with Crippen LogP contribution in [0.2, 0.25) is 0 Å². The molecule has 95 valence electrons. The number of ether oxygens (including phenoxy) is 1. The van der Waals surface area contributed by atoms with E-state index < -0.39 is 0 Å².